The fourth-order valence-corrected chi connectivity index (χ4v) is 3.70. The number of para-hydroxylation sites is 1. The molecule has 0 bridgehead atoms. The lowest BCUT2D eigenvalue weighted by Crippen LogP contribution is -2.38. The molecule has 6 nitrogen and oxygen atoms in total. The summed E-state index contributed by atoms with van der Waals surface area (Å²) in [5, 5.41) is 5.86. The number of carbonyl (C=O) groups is 2. The summed E-state index contributed by atoms with van der Waals surface area (Å²) in [6.45, 7) is 8.40. The Morgan fingerprint density at radius 2 is 1.84 bits per heavy atom. The highest BCUT2D eigenvalue weighted by molar-refractivity contribution is 7.80. The number of benzene rings is 2. The molecule has 1 fully saturated rings. The zero-order valence-corrected chi connectivity index (χ0v) is 19.7. The van der Waals surface area contributed by atoms with E-state index in [1.54, 1.807) is 30.3 Å². The minimum Gasteiger partial charge on any atom is -0.492 e. The minimum absolute atomic E-state index is 0.0201. The van der Waals surface area contributed by atoms with E-state index in [1.165, 1.54) is 0 Å². The Balaban J connectivity index is 1.61. The molecule has 2 aromatic rings. The van der Waals surface area contributed by atoms with Crippen molar-refractivity contribution in [1.29, 1.82) is 0 Å². The number of ether oxygens (including phenoxy) is 1. The molecule has 0 atom stereocenters. The van der Waals surface area contributed by atoms with Crippen molar-refractivity contribution >= 4 is 34.8 Å². The molecule has 170 valence electrons. The van der Waals surface area contributed by atoms with Gasteiger partial charge in [-0.1, -0.05) is 39.0 Å². The first kappa shape index (κ1) is 23.7. The Labute approximate surface area is 195 Å². The van der Waals surface area contributed by atoms with Crippen LogP contribution >= 0.6 is 12.2 Å². The molecule has 32 heavy (non-hydrogen) atoms. The first-order valence-corrected chi connectivity index (χ1v) is 11.5. The summed E-state index contributed by atoms with van der Waals surface area (Å²) < 4.78 is 5.76. The molecule has 7 heteroatoms. The monoisotopic (exact) mass is 453 g/mol. The van der Waals surface area contributed by atoms with Gasteiger partial charge >= 0.3 is 0 Å². The topological polar surface area (TPSA) is 70.7 Å². The van der Waals surface area contributed by atoms with E-state index in [0.29, 0.717) is 41.0 Å². The Morgan fingerprint density at radius 1 is 1.12 bits per heavy atom. The summed E-state index contributed by atoms with van der Waals surface area (Å²) in [7, 11) is 0. The van der Waals surface area contributed by atoms with Gasteiger partial charge in [-0.2, -0.15) is 0 Å². The largest absolute Gasteiger partial charge is 0.492 e. The Kier molecular flexibility index (Phi) is 8.22. The average Bonchev–Trinajstić information content (AvgIpc) is 2.78. The van der Waals surface area contributed by atoms with Gasteiger partial charge in [0.15, 0.2) is 5.11 Å². The maximum absolute atomic E-state index is 12.8. The van der Waals surface area contributed by atoms with Crippen LogP contribution in [-0.2, 0) is 0 Å². The van der Waals surface area contributed by atoms with E-state index in [4.69, 9.17) is 17.0 Å². The molecule has 3 rings (SSSR count). The highest BCUT2D eigenvalue weighted by Gasteiger charge is 2.21. The van der Waals surface area contributed by atoms with Gasteiger partial charge in [0, 0.05) is 24.3 Å². The van der Waals surface area contributed by atoms with E-state index < -0.39 is 0 Å². The van der Waals surface area contributed by atoms with Gasteiger partial charge in [-0.15, -0.1) is 0 Å². The molecule has 1 aliphatic heterocycles. The molecule has 1 saturated heterocycles. The number of hydrogen-bond acceptors (Lipinski definition) is 4. The maximum Gasteiger partial charge on any atom is 0.261 e. The van der Waals surface area contributed by atoms with Crippen LogP contribution in [0.4, 0.5) is 5.69 Å². The van der Waals surface area contributed by atoms with E-state index in [2.05, 4.69) is 17.6 Å². The summed E-state index contributed by atoms with van der Waals surface area (Å²) in [5.74, 6) is 1.19. The molecule has 0 unspecified atom stereocenters. The van der Waals surface area contributed by atoms with Crippen molar-refractivity contribution in [2.45, 2.75) is 33.6 Å². The quantitative estimate of drug-likeness (QED) is 0.620. The number of thiocarbonyl (C=S) groups is 1. The first-order valence-electron chi connectivity index (χ1n) is 11.1. The number of anilines is 1. The van der Waals surface area contributed by atoms with Gasteiger partial charge in [0.2, 0.25) is 0 Å². The van der Waals surface area contributed by atoms with Crippen LogP contribution in [0.25, 0.3) is 0 Å². The lowest BCUT2D eigenvalue weighted by Gasteiger charge is -2.30. The van der Waals surface area contributed by atoms with Crippen molar-refractivity contribution in [3.63, 3.8) is 0 Å². The zero-order chi connectivity index (χ0) is 23.1. The molecular formula is C25H31N3O3S. The highest BCUT2D eigenvalue weighted by Crippen LogP contribution is 2.21. The van der Waals surface area contributed by atoms with Crippen LogP contribution in [0.5, 0.6) is 5.75 Å². The van der Waals surface area contributed by atoms with E-state index in [0.717, 1.165) is 25.9 Å². The third-order valence-corrected chi connectivity index (χ3v) is 5.57. The molecule has 0 spiro atoms. The predicted octanol–water partition coefficient (Wildman–Crippen LogP) is 4.72. The second-order valence-electron chi connectivity index (χ2n) is 8.66. The van der Waals surface area contributed by atoms with Gasteiger partial charge in [-0.3, -0.25) is 14.9 Å². The normalized spacial score (nSPS) is 14.2. The molecule has 0 aromatic heterocycles. The third-order valence-electron chi connectivity index (χ3n) is 5.37. The molecule has 2 aromatic carbocycles. The van der Waals surface area contributed by atoms with E-state index in [9.17, 15) is 9.59 Å². The van der Waals surface area contributed by atoms with Gasteiger partial charge < -0.3 is 15.0 Å². The zero-order valence-electron chi connectivity index (χ0n) is 18.9. The number of hydrogen-bond donors (Lipinski definition) is 2. The molecular weight excluding hydrogens is 422 g/mol. The summed E-state index contributed by atoms with van der Waals surface area (Å²) in [6.07, 6.45) is 2.06. The second-order valence-corrected chi connectivity index (χ2v) is 9.07. The number of nitrogens with one attached hydrogen (secondary N) is 2. The van der Waals surface area contributed by atoms with Gasteiger partial charge in [0.25, 0.3) is 11.8 Å². The lowest BCUT2D eigenvalue weighted by atomic mass is 9.98. The van der Waals surface area contributed by atoms with Crippen molar-refractivity contribution in [1.82, 2.24) is 10.2 Å². The molecule has 2 N–H and O–H groups in total. The highest BCUT2D eigenvalue weighted by atomic mass is 32.1. The van der Waals surface area contributed by atoms with Crippen LogP contribution in [0, 0.1) is 11.8 Å². The fraction of sp³-hybridized carbons (Fsp3) is 0.400. The van der Waals surface area contributed by atoms with Crippen molar-refractivity contribution in [3.05, 3.63) is 59.7 Å². The van der Waals surface area contributed by atoms with E-state index in [-0.39, 0.29) is 16.9 Å². The minimum atomic E-state index is -0.350. The van der Waals surface area contributed by atoms with Gasteiger partial charge in [-0.25, -0.2) is 0 Å². The lowest BCUT2D eigenvalue weighted by molar-refractivity contribution is 0.0697. The average molecular weight is 454 g/mol. The summed E-state index contributed by atoms with van der Waals surface area (Å²) in [4.78, 5) is 27.5. The Morgan fingerprint density at radius 3 is 2.56 bits per heavy atom. The number of amides is 2. The van der Waals surface area contributed by atoms with Crippen molar-refractivity contribution in [2.75, 3.05) is 25.0 Å². The van der Waals surface area contributed by atoms with E-state index >= 15 is 0 Å². The first-order chi connectivity index (χ1) is 15.3. The van der Waals surface area contributed by atoms with Crippen molar-refractivity contribution in [3.8, 4) is 5.75 Å². The molecule has 1 heterocycles. The van der Waals surface area contributed by atoms with Crippen LogP contribution < -0.4 is 15.4 Å². The van der Waals surface area contributed by atoms with Crippen LogP contribution in [0.3, 0.4) is 0 Å². The SMILES string of the molecule is CC(C)COc1ccccc1C(=O)NC(=S)Nc1cccc(C(=O)N2CCC(C)CC2)c1. The second kappa shape index (κ2) is 11.1. The van der Waals surface area contributed by atoms with Crippen LogP contribution in [0.15, 0.2) is 48.5 Å². The molecule has 0 radical (unpaired) electrons. The van der Waals surface area contributed by atoms with Gasteiger partial charge in [0.05, 0.1) is 12.2 Å². The number of likely N-dealkylation sites (tertiary alicyclic amines) is 1. The Bertz CT molecular complexity index is 968. The molecule has 1 aliphatic rings. The number of nitrogens with zero attached hydrogens (tertiary/aromatic N) is 1. The van der Waals surface area contributed by atoms with Crippen molar-refractivity contribution in [2.24, 2.45) is 11.8 Å². The maximum atomic E-state index is 12.8. The van der Waals surface area contributed by atoms with E-state index in [1.807, 2.05) is 36.9 Å². The fourth-order valence-electron chi connectivity index (χ4n) is 3.49. The smallest absolute Gasteiger partial charge is 0.261 e. The van der Waals surface area contributed by atoms with Crippen LogP contribution in [0.2, 0.25) is 0 Å². The Hall–Kier alpha value is -2.93. The van der Waals surface area contributed by atoms with Crippen LogP contribution in [0.1, 0.15) is 54.3 Å². The number of carbonyl (C=O) groups excluding carboxylic acids is 2. The molecule has 0 saturated carbocycles. The van der Waals surface area contributed by atoms with Crippen molar-refractivity contribution < 1.29 is 14.3 Å². The summed E-state index contributed by atoms with van der Waals surface area (Å²) >= 11 is 5.33. The molecule has 2 amide bonds. The molecule has 0 aliphatic carbocycles. The van der Waals surface area contributed by atoms with Crippen LogP contribution in [-0.4, -0.2) is 41.5 Å². The van der Waals surface area contributed by atoms with Gasteiger partial charge in [0.1, 0.15) is 5.75 Å². The summed E-state index contributed by atoms with van der Waals surface area (Å²) in [5.41, 5.74) is 1.67. The van der Waals surface area contributed by atoms with Gasteiger partial charge in [-0.05, 0) is 67.2 Å². The summed E-state index contributed by atoms with van der Waals surface area (Å²) in [6, 6.07) is 14.3. The predicted molar refractivity (Wildman–Crippen MR) is 131 cm³/mol. The number of piperidine rings is 1. The standard InChI is InChI=1S/C25H31N3O3S/c1-17(2)16-31-22-10-5-4-9-21(22)23(29)27-25(32)26-20-8-6-7-19(15-20)24(30)28-13-11-18(3)12-14-28/h4-10,15,17-18H,11-14,16H2,1-3H3,(H2,26,27,29,32). The third kappa shape index (κ3) is 6.53. The number of rotatable bonds is 6.